The summed E-state index contributed by atoms with van der Waals surface area (Å²) in [5.74, 6) is 1.03. The first kappa shape index (κ1) is 12.4. The maximum Gasteiger partial charge on any atom is 0.0914 e. The van der Waals surface area contributed by atoms with E-state index in [0.717, 1.165) is 19.1 Å². The molecule has 0 saturated heterocycles. The summed E-state index contributed by atoms with van der Waals surface area (Å²) in [6.45, 7) is 1.95. The third-order valence-corrected chi connectivity index (χ3v) is 4.01. The number of nitrogens with zero attached hydrogens (tertiary/aromatic N) is 2. The highest BCUT2D eigenvalue weighted by Crippen LogP contribution is 2.30. The smallest absolute Gasteiger partial charge is 0.0914 e. The maximum atomic E-state index is 2.44. The lowest BCUT2D eigenvalue weighted by Crippen LogP contribution is -2.42. The summed E-state index contributed by atoms with van der Waals surface area (Å²) in [6.07, 6.45) is 2.16. The van der Waals surface area contributed by atoms with Crippen molar-refractivity contribution in [1.82, 2.24) is 0 Å². The Bertz CT molecular complexity index is 541. The van der Waals surface area contributed by atoms with Gasteiger partial charge in [0, 0.05) is 17.9 Å². The monoisotopic (exact) mass is 270 g/mol. The van der Waals surface area contributed by atoms with Crippen molar-refractivity contribution in [2.24, 2.45) is 0 Å². The summed E-state index contributed by atoms with van der Waals surface area (Å²) in [4.78, 5) is 4.87. The van der Waals surface area contributed by atoms with Crippen molar-refractivity contribution in [2.45, 2.75) is 6.54 Å². The molecule has 0 aromatic heterocycles. The highest BCUT2D eigenvalue weighted by atomic mass is 32.2. The number of hydrogen-bond acceptors (Lipinski definition) is 3. The number of anilines is 2. The van der Waals surface area contributed by atoms with E-state index in [2.05, 4.69) is 70.7 Å². The molecule has 0 unspecified atom stereocenters. The Morgan fingerprint density at radius 2 is 1.74 bits per heavy atom. The van der Waals surface area contributed by atoms with Crippen LogP contribution >= 0.6 is 11.8 Å². The van der Waals surface area contributed by atoms with Crippen LogP contribution in [0.1, 0.15) is 5.56 Å². The first-order chi connectivity index (χ1) is 9.38. The van der Waals surface area contributed by atoms with E-state index in [-0.39, 0.29) is 0 Å². The van der Waals surface area contributed by atoms with E-state index in [1.54, 1.807) is 0 Å². The van der Waals surface area contributed by atoms with Gasteiger partial charge in [-0.05, 0) is 30.0 Å². The Balaban J connectivity index is 1.92. The van der Waals surface area contributed by atoms with Crippen LogP contribution in [-0.2, 0) is 6.54 Å². The molecular weight excluding hydrogens is 252 g/mol. The Morgan fingerprint density at radius 3 is 2.53 bits per heavy atom. The van der Waals surface area contributed by atoms with Gasteiger partial charge in [0.2, 0.25) is 0 Å². The summed E-state index contributed by atoms with van der Waals surface area (Å²) in [5, 5.41) is 0. The van der Waals surface area contributed by atoms with Crippen molar-refractivity contribution >= 4 is 23.1 Å². The Kier molecular flexibility index (Phi) is 3.65. The topological polar surface area (TPSA) is 6.48 Å². The number of rotatable bonds is 3. The minimum absolute atomic E-state index is 0.960. The van der Waals surface area contributed by atoms with Gasteiger partial charge in [-0.2, -0.15) is 0 Å². The number of hydrogen-bond donors (Lipinski definition) is 0. The maximum absolute atomic E-state index is 2.44. The zero-order chi connectivity index (χ0) is 13.1. The van der Waals surface area contributed by atoms with Gasteiger partial charge in [-0.15, -0.1) is 11.8 Å². The van der Waals surface area contributed by atoms with Crippen LogP contribution in [0.25, 0.3) is 0 Å². The number of thioether (sulfide) groups is 1. The number of fused-ring (bicyclic) bond motifs is 1. The normalized spacial score (nSPS) is 14.4. The SMILES string of the molecule is CSCN1CN(c2ccccc2)Cc2ccccc21. The predicted molar refractivity (Wildman–Crippen MR) is 84.8 cm³/mol. The van der Waals surface area contributed by atoms with Crippen molar-refractivity contribution in [3.63, 3.8) is 0 Å². The minimum Gasteiger partial charge on any atom is -0.349 e. The van der Waals surface area contributed by atoms with Crippen LogP contribution in [0.3, 0.4) is 0 Å². The van der Waals surface area contributed by atoms with E-state index in [4.69, 9.17) is 0 Å². The average molecular weight is 270 g/mol. The molecule has 1 heterocycles. The van der Waals surface area contributed by atoms with Gasteiger partial charge in [0.1, 0.15) is 0 Å². The van der Waals surface area contributed by atoms with Crippen LogP contribution in [0.4, 0.5) is 11.4 Å². The fraction of sp³-hybridized carbons (Fsp3) is 0.250. The van der Waals surface area contributed by atoms with Crippen molar-refractivity contribution in [1.29, 1.82) is 0 Å². The van der Waals surface area contributed by atoms with E-state index in [0.29, 0.717) is 0 Å². The molecule has 3 rings (SSSR count). The van der Waals surface area contributed by atoms with Crippen LogP contribution in [0.5, 0.6) is 0 Å². The van der Waals surface area contributed by atoms with Crippen LogP contribution in [0, 0.1) is 0 Å². The molecule has 1 aliphatic heterocycles. The quantitative estimate of drug-likeness (QED) is 0.838. The second-order valence-electron chi connectivity index (χ2n) is 4.76. The molecule has 0 radical (unpaired) electrons. The van der Waals surface area contributed by atoms with Crippen LogP contribution < -0.4 is 9.80 Å². The van der Waals surface area contributed by atoms with Gasteiger partial charge in [-0.3, -0.25) is 0 Å². The molecule has 98 valence electrons. The zero-order valence-corrected chi connectivity index (χ0v) is 11.9. The molecule has 19 heavy (non-hydrogen) atoms. The molecule has 0 fully saturated rings. The van der Waals surface area contributed by atoms with Crippen molar-refractivity contribution in [2.75, 3.05) is 28.6 Å². The van der Waals surface area contributed by atoms with Crippen LogP contribution in [-0.4, -0.2) is 18.8 Å². The molecule has 0 N–H and O–H groups in total. The van der Waals surface area contributed by atoms with E-state index in [9.17, 15) is 0 Å². The fourth-order valence-electron chi connectivity index (χ4n) is 2.57. The average Bonchev–Trinajstić information content (AvgIpc) is 2.48. The molecule has 1 aliphatic rings. The third-order valence-electron chi connectivity index (χ3n) is 3.44. The summed E-state index contributed by atoms with van der Waals surface area (Å²) in [6, 6.07) is 19.4. The molecule has 3 heteroatoms. The molecule has 0 spiro atoms. The van der Waals surface area contributed by atoms with Gasteiger partial charge >= 0.3 is 0 Å². The highest BCUT2D eigenvalue weighted by molar-refractivity contribution is 7.98. The molecule has 0 saturated carbocycles. The first-order valence-electron chi connectivity index (χ1n) is 6.50. The third kappa shape index (κ3) is 2.56. The molecule has 2 aromatic carbocycles. The lowest BCUT2D eigenvalue weighted by atomic mass is 10.1. The van der Waals surface area contributed by atoms with E-state index in [1.165, 1.54) is 16.9 Å². The zero-order valence-electron chi connectivity index (χ0n) is 11.1. The van der Waals surface area contributed by atoms with Crippen molar-refractivity contribution in [3.8, 4) is 0 Å². The lowest BCUT2D eigenvalue weighted by Gasteiger charge is -2.39. The van der Waals surface area contributed by atoms with Gasteiger partial charge in [-0.25, -0.2) is 0 Å². The number of benzene rings is 2. The second-order valence-corrected chi connectivity index (χ2v) is 5.60. The van der Waals surface area contributed by atoms with Gasteiger partial charge in [0.25, 0.3) is 0 Å². The summed E-state index contributed by atoms with van der Waals surface area (Å²) in [7, 11) is 0. The van der Waals surface area contributed by atoms with E-state index >= 15 is 0 Å². The highest BCUT2D eigenvalue weighted by Gasteiger charge is 2.21. The van der Waals surface area contributed by atoms with Crippen LogP contribution in [0.2, 0.25) is 0 Å². The summed E-state index contributed by atoms with van der Waals surface area (Å²) < 4.78 is 0. The summed E-state index contributed by atoms with van der Waals surface area (Å²) in [5.41, 5.74) is 4.08. The standard InChI is InChI=1S/C16H18N2S/c1-19-13-18-12-17(15-8-3-2-4-9-15)11-14-7-5-6-10-16(14)18/h2-10H,11-13H2,1H3. The fourth-order valence-corrected chi connectivity index (χ4v) is 3.10. The summed E-state index contributed by atoms with van der Waals surface area (Å²) >= 11 is 1.87. The molecule has 0 atom stereocenters. The molecule has 2 nitrogen and oxygen atoms in total. The molecule has 0 amide bonds. The molecular formula is C16H18N2S. The Morgan fingerprint density at radius 1 is 1.00 bits per heavy atom. The molecule has 2 aromatic rings. The second kappa shape index (κ2) is 5.57. The van der Waals surface area contributed by atoms with Crippen molar-refractivity contribution in [3.05, 3.63) is 60.2 Å². The van der Waals surface area contributed by atoms with Crippen molar-refractivity contribution < 1.29 is 0 Å². The van der Waals surface area contributed by atoms with Crippen LogP contribution in [0.15, 0.2) is 54.6 Å². The van der Waals surface area contributed by atoms with Gasteiger partial charge in [0.15, 0.2) is 0 Å². The Hall–Kier alpha value is -1.61. The minimum atomic E-state index is 0.960. The molecule has 0 bridgehead atoms. The van der Waals surface area contributed by atoms with E-state index < -0.39 is 0 Å². The van der Waals surface area contributed by atoms with Gasteiger partial charge in [0.05, 0.1) is 12.5 Å². The Labute approximate surface area is 119 Å². The van der Waals surface area contributed by atoms with Gasteiger partial charge < -0.3 is 9.80 Å². The first-order valence-corrected chi connectivity index (χ1v) is 7.89. The predicted octanol–water partition coefficient (Wildman–Crippen LogP) is 3.79. The largest absolute Gasteiger partial charge is 0.349 e. The number of para-hydroxylation sites is 2. The molecule has 0 aliphatic carbocycles. The van der Waals surface area contributed by atoms with Gasteiger partial charge in [-0.1, -0.05) is 36.4 Å². The lowest BCUT2D eigenvalue weighted by molar-refractivity contribution is 0.725. The van der Waals surface area contributed by atoms with E-state index in [1.807, 2.05) is 11.8 Å².